The van der Waals surface area contributed by atoms with Crippen LogP contribution in [0.15, 0.2) is 30.3 Å². The van der Waals surface area contributed by atoms with E-state index in [1.807, 2.05) is 37.3 Å². The Morgan fingerprint density at radius 1 is 1.29 bits per heavy atom. The standard InChI is InChI=1S/C19H31N3O2/c1-16-15-21(11-12-22(16)13-14-24-3)10-9-19(23)20-17(2)18-7-5-4-6-8-18/h4-8,16-17H,9-15H2,1-3H3,(H,20,23). The topological polar surface area (TPSA) is 44.8 Å². The first-order valence-electron chi connectivity index (χ1n) is 8.89. The van der Waals surface area contributed by atoms with E-state index in [4.69, 9.17) is 4.74 Å². The molecule has 1 amide bonds. The number of carbonyl (C=O) groups excluding carboxylic acids is 1. The third-order valence-electron chi connectivity index (χ3n) is 4.76. The van der Waals surface area contributed by atoms with Gasteiger partial charge >= 0.3 is 0 Å². The lowest BCUT2D eigenvalue weighted by atomic mass is 10.1. The van der Waals surface area contributed by atoms with E-state index in [9.17, 15) is 4.79 Å². The zero-order valence-electron chi connectivity index (χ0n) is 15.2. The average Bonchev–Trinajstić information content (AvgIpc) is 2.60. The number of methoxy groups -OCH3 is 1. The summed E-state index contributed by atoms with van der Waals surface area (Å²) >= 11 is 0. The summed E-state index contributed by atoms with van der Waals surface area (Å²) < 4.78 is 5.16. The Morgan fingerprint density at radius 3 is 2.71 bits per heavy atom. The Labute approximate surface area is 146 Å². The van der Waals surface area contributed by atoms with Crippen molar-refractivity contribution in [2.45, 2.75) is 32.4 Å². The average molecular weight is 333 g/mol. The molecule has 1 aromatic carbocycles. The molecule has 2 atom stereocenters. The smallest absolute Gasteiger partial charge is 0.221 e. The Morgan fingerprint density at radius 2 is 2.04 bits per heavy atom. The number of hydrogen-bond acceptors (Lipinski definition) is 4. The van der Waals surface area contributed by atoms with Gasteiger partial charge in [-0.2, -0.15) is 0 Å². The van der Waals surface area contributed by atoms with Gasteiger partial charge in [0.2, 0.25) is 5.91 Å². The molecule has 2 unspecified atom stereocenters. The van der Waals surface area contributed by atoms with E-state index in [2.05, 4.69) is 22.0 Å². The number of carbonyl (C=O) groups is 1. The van der Waals surface area contributed by atoms with Gasteiger partial charge in [0, 0.05) is 52.3 Å². The minimum Gasteiger partial charge on any atom is -0.383 e. The quantitative estimate of drug-likeness (QED) is 0.789. The predicted octanol–water partition coefficient (Wildman–Crippen LogP) is 1.91. The highest BCUT2D eigenvalue weighted by Crippen LogP contribution is 2.12. The van der Waals surface area contributed by atoms with Crippen molar-refractivity contribution >= 4 is 5.91 Å². The van der Waals surface area contributed by atoms with Crippen molar-refractivity contribution in [2.24, 2.45) is 0 Å². The van der Waals surface area contributed by atoms with Gasteiger partial charge in [0.25, 0.3) is 0 Å². The first-order valence-corrected chi connectivity index (χ1v) is 8.89. The largest absolute Gasteiger partial charge is 0.383 e. The number of nitrogens with zero attached hydrogens (tertiary/aromatic N) is 2. The molecule has 0 saturated carbocycles. The fourth-order valence-corrected chi connectivity index (χ4v) is 3.21. The van der Waals surface area contributed by atoms with Crippen LogP contribution in [-0.4, -0.2) is 68.2 Å². The number of amides is 1. The van der Waals surface area contributed by atoms with Crippen molar-refractivity contribution < 1.29 is 9.53 Å². The summed E-state index contributed by atoms with van der Waals surface area (Å²) in [6.45, 7) is 9.97. The zero-order valence-corrected chi connectivity index (χ0v) is 15.2. The number of benzene rings is 1. The fourth-order valence-electron chi connectivity index (χ4n) is 3.21. The van der Waals surface area contributed by atoms with E-state index in [1.165, 1.54) is 0 Å². The Hall–Kier alpha value is -1.43. The van der Waals surface area contributed by atoms with Crippen molar-refractivity contribution in [3.05, 3.63) is 35.9 Å². The Bertz CT molecular complexity index is 495. The molecule has 1 aliphatic rings. The van der Waals surface area contributed by atoms with Gasteiger partial charge in [0.1, 0.15) is 0 Å². The van der Waals surface area contributed by atoms with Crippen LogP contribution in [0.5, 0.6) is 0 Å². The lowest BCUT2D eigenvalue weighted by molar-refractivity contribution is -0.122. The molecule has 1 fully saturated rings. The van der Waals surface area contributed by atoms with Gasteiger partial charge in [-0.15, -0.1) is 0 Å². The first kappa shape index (κ1) is 18.9. The lowest BCUT2D eigenvalue weighted by Gasteiger charge is -2.39. The van der Waals surface area contributed by atoms with Crippen LogP contribution in [0.3, 0.4) is 0 Å². The molecule has 0 aliphatic carbocycles. The SMILES string of the molecule is COCCN1CCN(CCC(=O)NC(C)c2ccccc2)CC1C. The van der Waals surface area contributed by atoms with Crippen LogP contribution in [0.1, 0.15) is 31.9 Å². The van der Waals surface area contributed by atoms with Crippen molar-refractivity contribution in [3.63, 3.8) is 0 Å². The second kappa shape index (κ2) is 9.77. The number of hydrogen-bond donors (Lipinski definition) is 1. The number of nitrogens with one attached hydrogen (secondary N) is 1. The number of rotatable bonds is 8. The van der Waals surface area contributed by atoms with Gasteiger partial charge in [-0.3, -0.25) is 9.69 Å². The molecule has 1 aromatic rings. The lowest BCUT2D eigenvalue weighted by Crippen LogP contribution is -2.53. The molecule has 1 saturated heterocycles. The molecule has 0 radical (unpaired) electrons. The minimum absolute atomic E-state index is 0.0588. The minimum atomic E-state index is 0.0588. The number of piperazine rings is 1. The van der Waals surface area contributed by atoms with Crippen LogP contribution in [-0.2, 0) is 9.53 Å². The molecular formula is C19H31N3O2. The van der Waals surface area contributed by atoms with Gasteiger partial charge in [0.05, 0.1) is 12.6 Å². The molecule has 1 aliphatic heterocycles. The normalized spacial score (nSPS) is 20.7. The summed E-state index contributed by atoms with van der Waals surface area (Å²) in [6.07, 6.45) is 0.558. The first-order chi connectivity index (χ1) is 11.6. The van der Waals surface area contributed by atoms with Crippen LogP contribution in [0, 0.1) is 0 Å². The predicted molar refractivity (Wildman–Crippen MR) is 97.0 cm³/mol. The van der Waals surface area contributed by atoms with Crippen molar-refractivity contribution in [1.82, 2.24) is 15.1 Å². The van der Waals surface area contributed by atoms with Gasteiger partial charge in [-0.25, -0.2) is 0 Å². The summed E-state index contributed by atoms with van der Waals surface area (Å²) in [5.41, 5.74) is 1.14. The maximum absolute atomic E-state index is 12.2. The third-order valence-corrected chi connectivity index (χ3v) is 4.76. The van der Waals surface area contributed by atoms with E-state index in [0.717, 1.165) is 44.9 Å². The van der Waals surface area contributed by atoms with Gasteiger partial charge in [-0.05, 0) is 19.4 Å². The van der Waals surface area contributed by atoms with Crippen molar-refractivity contribution in [2.75, 3.05) is 46.4 Å². The summed E-state index contributed by atoms with van der Waals surface area (Å²) in [4.78, 5) is 17.0. The Kier molecular flexibility index (Phi) is 7.69. The van der Waals surface area contributed by atoms with Crippen LogP contribution < -0.4 is 5.32 Å². The van der Waals surface area contributed by atoms with E-state index >= 15 is 0 Å². The van der Waals surface area contributed by atoms with Crippen molar-refractivity contribution in [1.29, 1.82) is 0 Å². The molecule has 0 spiro atoms. The van der Waals surface area contributed by atoms with Crippen LogP contribution in [0.25, 0.3) is 0 Å². The summed E-state index contributed by atoms with van der Waals surface area (Å²) in [5, 5.41) is 3.09. The highest BCUT2D eigenvalue weighted by molar-refractivity contribution is 5.76. The van der Waals surface area contributed by atoms with Crippen LogP contribution in [0.2, 0.25) is 0 Å². The molecule has 5 nitrogen and oxygen atoms in total. The van der Waals surface area contributed by atoms with Crippen LogP contribution in [0.4, 0.5) is 0 Å². The van der Waals surface area contributed by atoms with E-state index in [-0.39, 0.29) is 11.9 Å². The van der Waals surface area contributed by atoms with Crippen molar-refractivity contribution in [3.8, 4) is 0 Å². The van der Waals surface area contributed by atoms with Crippen LogP contribution >= 0.6 is 0 Å². The maximum atomic E-state index is 12.2. The van der Waals surface area contributed by atoms with E-state index in [0.29, 0.717) is 12.5 Å². The molecule has 1 N–H and O–H groups in total. The molecule has 5 heteroatoms. The zero-order chi connectivity index (χ0) is 17.4. The monoisotopic (exact) mass is 333 g/mol. The summed E-state index contributed by atoms with van der Waals surface area (Å²) in [7, 11) is 1.75. The molecule has 134 valence electrons. The maximum Gasteiger partial charge on any atom is 0.221 e. The highest BCUT2D eigenvalue weighted by Gasteiger charge is 2.23. The second-order valence-electron chi connectivity index (χ2n) is 6.63. The summed E-state index contributed by atoms with van der Waals surface area (Å²) in [6, 6.07) is 10.7. The van der Waals surface area contributed by atoms with E-state index in [1.54, 1.807) is 7.11 Å². The van der Waals surface area contributed by atoms with E-state index < -0.39 is 0 Å². The molecule has 24 heavy (non-hydrogen) atoms. The number of ether oxygens (including phenoxy) is 1. The molecular weight excluding hydrogens is 302 g/mol. The Balaban J connectivity index is 1.69. The second-order valence-corrected chi connectivity index (χ2v) is 6.63. The molecule has 2 rings (SSSR count). The van der Waals surface area contributed by atoms with Gasteiger partial charge < -0.3 is 15.0 Å². The fraction of sp³-hybridized carbons (Fsp3) is 0.632. The highest BCUT2D eigenvalue weighted by atomic mass is 16.5. The third kappa shape index (κ3) is 5.89. The molecule has 1 heterocycles. The molecule has 0 bridgehead atoms. The molecule has 0 aromatic heterocycles. The summed E-state index contributed by atoms with van der Waals surface area (Å²) in [5.74, 6) is 0.126. The van der Waals surface area contributed by atoms with Gasteiger partial charge in [0.15, 0.2) is 0 Å². The van der Waals surface area contributed by atoms with Gasteiger partial charge in [-0.1, -0.05) is 30.3 Å².